The highest BCUT2D eigenvalue weighted by atomic mass is 16.2. The van der Waals surface area contributed by atoms with E-state index in [0.29, 0.717) is 5.92 Å². The summed E-state index contributed by atoms with van der Waals surface area (Å²) in [7, 11) is 0. The second kappa shape index (κ2) is 3.31. The SMILES string of the molecule is O=C1[C@H]2CNC[C@H]2CN1c1cccnc1. The molecule has 0 radical (unpaired) electrons. The van der Waals surface area contributed by atoms with Gasteiger partial charge >= 0.3 is 0 Å². The molecular formula is C11H13N3O. The molecule has 2 atom stereocenters. The van der Waals surface area contributed by atoms with Crippen molar-refractivity contribution in [1.82, 2.24) is 10.3 Å². The number of amides is 1. The van der Waals surface area contributed by atoms with Gasteiger partial charge in [0.05, 0.1) is 17.8 Å². The van der Waals surface area contributed by atoms with Crippen LogP contribution in [0.2, 0.25) is 0 Å². The Morgan fingerprint density at radius 3 is 3.13 bits per heavy atom. The van der Waals surface area contributed by atoms with Crippen molar-refractivity contribution < 1.29 is 4.79 Å². The quantitative estimate of drug-likeness (QED) is 0.712. The Bertz CT molecular complexity index is 379. The minimum absolute atomic E-state index is 0.185. The normalized spacial score (nSPS) is 29.6. The lowest BCUT2D eigenvalue weighted by Crippen LogP contribution is -2.30. The average Bonchev–Trinajstić information content (AvgIpc) is 2.83. The molecule has 3 heterocycles. The molecule has 4 nitrogen and oxygen atoms in total. The number of hydrogen-bond donors (Lipinski definition) is 1. The molecule has 78 valence electrons. The number of nitrogens with one attached hydrogen (secondary N) is 1. The first-order valence-electron chi connectivity index (χ1n) is 5.28. The summed E-state index contributed by atoms with van der Waals surface area (Å²) < 4.78 is 0. The van der Waals surface area contributed by atoms with E-state index in [1.165, 1.54) is 0 Å². The zero-order valence-corrected chi connectivity index (χ0v) is 8.39. The summed E-state index contributed by atoms with van der Waals surface area (Å²) >= 11 is 0. The van der Waals surface area contributed by atoms with E-state index in [2.05, 4.69) is 10.3 Å². The van der Waals surface area contributed by atoms with Crippen molar-refractivity contribution in [2.45, 2.75) is 0 Å². The summed E-state index contributed by atoms with van der Waals surface area (Å²) in [5, 5.41) is 3.26. The predicted molar refractivity (Wildman–Crippen MR) is 56.4 cm³/mol. The lowest BCUT2D eigenvalue weighted by atomic mass is 10.0. The van der Waals surface area contributed by atoms with Crippen molar-refractivity contribution in [2.75, 3.05) is 24.5 Å². The fourth-order valence-corrected chi connectivity index (χ4v) is 2.48. The number of anilines is 1. The molecule has 2 aliphatic rings. The Morgan fingerprint density at radius 2 is 2.40 bits per heavy atom. The van der Waals surface area contributed by atoms with Crippen LogP contribution in [0.5, 0.6) is 0 Å². The summed E-state index contributed by atoms with van der Waals surface area (Å²) in [4.78, 5) is 18.0. The molecular weight excluding hydrogens is 190 g/mol. The number of fused-ring (bicyclic) bond motifs is 1. The summed E-state index contributed by atoms with van der Waals surface area (Å²) in [6.07, 6.45) is 3.48. The highest BCUT2D eigenvalue weighted by Gasteiger charge is 2.43. The maximum absolute atomic E-state index is 12.0. The van der Waals surface area contributed by atoms with E-state index in [1.54, 1.807) is 12.4 Å². The van der Waals surface area contributed by atoms with E-state index < -0.39 is 0 Å². The molecule has 2 fully saturated rings. The number of pyridine rings is 1. The van der Waals surface area contributed by atoms with Crippen LogP contribution in [-0.4, -0.2) is 30.5 Å². The van der Waals surface area contributed by atoms with Crippen LogP contribution < -0.4 is 10.2 Å². The Balaban J connectivity index is 1.88. The molecule has 2 saturated heterocycles. The van der Waals surface area contributed by atoms with Gasteiger partial charge in [0.1, 0.15) is 0 Å². The van der Waals surface area contributed by atoms with E-state index in [0.717, 1.165) is 25.3 Å². The third kappa shape index (κ3) is 1.33. The van der Waals surface area contributed by atoms with Gasteiger partial charge in [0.25, 0.3) is 0 Å². The van der Waals surface area contributed by atoms with Crippen LogP contribution in [-0.2, 0) is 4.79 Å². The van der Waals surface area contributed by atoms with Gasteiger partial charge in [-0.25, -0.2) is 0 Å². The van der Waals surface area contributed by atoms with Crippen LogP contribution in [0.1, 0.15) is 0 Å². The molecule has 1 N–H and O–H groups in total. The van der Waals surface area contributed by atoms with Gasteiger partial charge in [-0.1, -0.05) is 0 Å². The average molecular weight is 203 g/mol. The van der Waals surface area contributed by atoms with E-state index >= 15 is 0 Å². The predicted octanol–water partition coefficient (Wildman–Crippen LogP) is 0.264. The third-order valence-corrected chi connectivity index (χ3v) is 3.30. The molecule has 2 aliphatic heterocycles. The van der Waals surface area contributed by atoms with Gasteiger partial charge < -0.3 is 10.2 Å². The summed E-state index contributed by atoms with van der Waals surface area (Å²) in [6, 6.07) is 3.81. The van der Waals surface area contributed by atoms with Crippen molar-refractivity contribution in [2.24, 2.45) is 11.8 Å². The molecule has 3 rings (SSSR count). The van der Waals surface area contributed by atoms with Crippen LogP contribution in [0.15, 0.2) is 24.5 Å². The van der Waals surface area contributed by atoms with Gasteiger partial charge in [0, 0.05) is 31.7 Å². The van der Waals surface area contributed by atoms with E-state index in [1.807, 2.05) is 17.0 Å². The van der Waals surface area contributed by atoms with Gasteiger partial charge in [0.15, 0.2) is 0 Å². The van der Waals surface area contributed by atoms with Crippen molar-refractivity contribution in [3.05, 3.63) is 24.5 Å². The molecule has 1 amide bonds. The van der Waals surface area contributed by atoms with E-state index in [9.17, 15) is 4.79 Å². The monoisotopic (exact) mass is 203 g/mol. The highest BCUT2D eigenvalue weighted by molar-refractivity contribution is 5.97. The molecule has 4 heteroatoms. The number of carbonyl (C=O) groups excluding carboxylic acids is 1. The number of carbonyl (C=O) groups is 1. The van der Waals surface area contributed by atoms with Crippen LogP contribution in [0.4, 0.5) is 5.69 Å². The second-order valence-corrected chi connectivity index (χ2v) is 4.18. The fourth-order valence-electron chi connectivity index (χ4n) is 2.48. The second-order valence-electron chi connectivity index (χ2n) is 4.18. The summed E-state index contributed by atoms with van der Waals surface area (Å²) in [5.41, 5.74) is 0.928. The molecule has 1 aromatic rings. The van der Waals surface area contributed by atoms with E-state index in [4.69, 9.17) is 0 Å². The fraction of sp³-hybridized carbons (Fsp3) is 0.455. The molecule has 0 unspecified atom stereocenters. The van der Waals surface area contributed by atoms with Crippen molar-refractivity contribution >= 4 is 11.6 Å². The van der Waals surface area contributed by atoms with Crippen LogP contribution >= 0.6 is 0 Å². The summed E-state index contributed by atoms with van der Waals surface area (Å²) in [5.74, 6) is 0.918. The molecule has 0 bridgehead atoms. The topological polar surface area (TPSA) is 45.2 Å². The van der Waals surface area contributed by atoms with Gasteiger partial charge in [-0.3, -0.25) is 9.78 Å². The Hall–Kier alpha value is -1.42. The van der Waals surface area contributed by atoms with Crippen molar-refractivity contribution in [3.63, 3.8) is 0 Å². The maximum Gasteiger partial charge on any atom is 0.231 e. The van der Waals surface area contributed by atoms with Gasteiger partial charge in [0.2, 0.25) is 5.91 Å². The van der Waals surface area contributed by atoms with Gasteiger partial charge in [-0.2, -0.15) is 0 Å². The largest absolute Gasteiger partial charge is 0.316 e. The number of hydrogen-bond acceptors (Lipinski definition) is 3. The number of rotatable bonds is 1. The molecule has 1 aromatic heterocycles. The van der Waals surface area contributed by atoms with Gasteiger partial charge in [-0.15, -0.1) is 0 Å². The first-order chi connectivity index (χ1) is 7.36. The molecule has 15 heavy (non-hydrogen) atoms. The lowest BCUT2D eigenvalue weighted by molar-refractivity contribution is -0.120. The number of aromatic nitrogens is 1. The van der Waals surface area contributed by atoms with Crippen LogP contribution in [0.25, 0.3) is 0 Å². The van der Waals surface area contributed by atoms with Crippen molar-refractivity contribution in [3.8, 4) is 0 Å². The Morgan fingerprint density at radius 1 is 1.47 bits per heavy atom. The highest BCUT2D eigenvalue weighted by Crippen LogP contribution is 2.30. The molecule has 0 aromatic carbocycles. The minimum atomic E-state index is 0.185. The maximum atomic E-state index is 12.0. The molecule has 0 saturated carbocycles. The van der Waals surface area contributed by atoms with Crippen LogP contribution in [0, 0.1) is 11.8 Å². The first kappa shape index (κ1) is 8.85. The van der Waals surface area contributed by atoms with E-state index in [-0.39, 0.29) is 11.8 Å². The first-order valence-corrected chi connectivity index (χ1v) is 5.28. The van der Waals surface area contributed by atoms with Crippen LogP contribution in [0.3, 0.4) is 0 Å². The zero-order chi connectivity index (χ0) is 10.3. The Labute approximate surface area is 88.3 Å². The number of nitrogens with zero attached hydrogens (tertiary/aromatic N) is 2. The zero-order valence-electron chi connectivity index (χ0n) is 8.39. The lowest BCUT2D eigenvalue weighted by Gasteiger charge is -2.16. The molecule has 0 spiro atoms. The third-order valence-electron chi connectivity index (χ3n) is 3.30. The summed E-state index contributed by atoms with van der Waals surface area (Å²) in [6.45, 7) is 2.63. The van der Waals surface area contributed by atoms with Crippen molar-refractivity contribution in [1.29, 1.82) is 0 Å². The minimum Gasteiger partial charge on any atom is -0.316 e. The van der Waals surface area contributed by atoms with Gasteiger partial charge in [-0.05, 0) is 12.1 Å². The molecule has 0 aliphatic carbocycles. The standard InChI is InChI=1S/C11H13N3O/c15-11-10-6-13-4-8(10)7-14(11)9-2-1-3-12-5-9/h1-3,5,8,10,13H,4,6-7H2/t8-,10-/m0/s1. The Kier molecular flexibility index (Phi) is 1.95. The smallest absolute Gasteiger partial charge is 0.231 e.